The Kier molecular flexibility index (Phi) is 4.09. The van der Waals surface area contributed by atoms with Gasteiger partial charge < -0.3 is 8.85 Å². The summed E-state index contributed by atoms with van der Waals surface area (Å²) in [5, 5.41) is 0. The highest BCUT2D eigenvalue weighted by molar-refractivity contribution is 6.46. The molecule has 4 atom stereocenters. The Labute approximate surface area is 102 Å². The second kappa shape index (κ2) is 5.19. The normalized spacial score (nSPS) is 35.2. The van der Waals surface area contributed by atoms with Gasteiger partial charge in [-0.3, -0.25) is 0 Å². The highest BCUT2D eigenvalue weighted by Crippen LogP contribution is 2.54. The zero-order chi connectivity index (χ0) is 11.7. The summed E-state index contributed by atoms with van der Waals surface area (Å²) >= 11 is 0. The van der Waals surface area contributed by atoms with Gasteiger partial charge in [0.05, 0.1) is 0 Å². The molecule has 0 N–H and O–H groups in total. The highest BCUT2D eigenvalue weighted by atomic mass is 28.3. The first-order valence-electron chi connectivity index (χ1n) is 6.73. The minimum Gasteiger partial charge on any atom is -0.400 e. The molecular formula is C13H26O2Si. The first kappa shape index (κ1) is 12.6. The summed E-state index contributed by atoms with van der Waals surface area (Å²) in [6.45, 7) is 4.68. The molecule has 2 rings (SSSR count). The van der Waals surface area contributed by atoms with Crippen LogP contribution in [0.3, 0.4) is 0 Å². The van der Waals surface area contributed by atoms with Crippen LogP contribution in [0.1, 0.15) is 39.5 Å². The van der Waals surface area contributed by atoms with Crippen molar-refractivity contribution in [1.29, 1.82) is 0 Å². The van der Waals surface area contributed by atoms with Gasteiger partial charge in [-0.1, -0.05) is 20.3 Å². The first-order chi connectivity index (χ1) is 7.67. The van der Waals surface area contributed by atoms with Crippen molar-refractivity contribution in [3.63, 3.8) is 0 Å². The fraction of sp³-hybridized carbons (Fsp3) is 1.00. The molecule has 2 saturated carbocycles. The van der Waals surface area contributed by atoms with Crippen LogP contribution in [-0.2, 0) is 8.85 Å². The van der Waals surface area contributed by atoms with Crippen LogP contribution in [0.5, 0.6) is 0 Å². The molecule has 0 aliphatic heterocycles. The Balaban J connectivity index is 2.07. The lowest BCUT2D eigenvalue weighted by Crippen LogP contribution is -2.36. The van der Waals surface area contributed by atoms with E-state index in [0.29, 0.717) is 11.5 Å². The summed E-state index contributed by atoms with van der Waals surface area (Å²) in [6.07, 6.45) is 5.89. The van der Waals surface area contributed by atoms with E-state index in [2.05, 4.69) is 13.8 Å². The Morgan fingerprint density at radius 3 is 2.12 bits per heavy atom. The molecule has 0 aromatic carbocycles. The van der Waals surface area contributed by atoms with Crippen molar-refractivity contribution in [1.82, 2.24) is 0 Å². The van der Waals surface area contributed by atoms with Gasteiger partial charge in [0.25, 0.3) is 0 Å². The van der Waals surface area contributed by atoms with Gasteiger partial charge in [0.1, 0.15) is 0 Å². The van der Waals surface area contributed by atoms with E-state index in [1.165, 1.54) is 25.7 Å². The summed E-state index contributed by atoms with van der Waals surface area (Å²) in [4.78, 5) is 0. The minimum atomic E-state index is -1.45. The zero-order valence-corrected chi connectivity index (χ0v) is 12.3. The van der Waals surface area contributed by atoms with Crippen LogP contribution in [0.25, 0.3) is 0 Å². The lowest BCUT2D eigenvalue weighted by molar-refractivity contribution is 0.201. The van der Waals surface area contributed by atoms with Gasteiger partial charge in [-0.25, -0.2) is 0 Å². The molecule has 2 aliphatic carbocycles. The number of hydrogen-bond acceptors (Lipinski definition) is 2. The van der Waals surface area contributed by atoms with Crippen LogP contribution in [0.4, 0.5) is 0 Å². The highest BCUT2D eigenvalue weighted by Gasteiger charge is 2.47. The molecule has 0 radical (unpaired) electrons. The quantitative estimate of drug-likeness (QED) is 0.690. The van der Waals surface area contributed by atoms with E-state index in [4.69, 9.17) is 8.85 Å². The third-order valence-electron chi connectivity index (χ3n) is 4.84. The van der Waals surface area contributed by atoms with Gasteiger partial charge in [-0.15, -0.1) is 0 Å². The van der Waals surface area contributed by atoms with E-state index in [0.717, 1.165) is 17.8 Å². The summed E-state index contributed by atoms with van der Waals surface area (Å²) in [6, 6.07) is 0. The molecule has 0 aromatic heterocycles. The van der Waals surface area contributed by atoms with Crippen molar-refractivity contribution in [3.05, 3.63) is 0 Å². The second-order valence-electron chi connectivity index (χ2n) is 6.00. The summed E-state index contributed by atoms with van der Waals surface area (Å²) < 4.78 is 11.3. The molecule has 0 amide bonds. The van der Waals surface area contributed by atoms with E-state index < -0.39 is 9.28 Å². The summed E-state index contributed by atoms with van der Waals surface area (Å²) in [5.41, 5.74) is 0.713. The fourth-order valence-corrected chi connectivity index (χ4v) is 6.51. The average Bonchev–Trinajstić information content (AvgIpc) is 2.86. The second-order valence-corrected chi connectivity index (χ2v) is 8.45. The van der Waals surface area contributed by atoms with Gasteiger partial charge in [-0.2, -0.15) is 0 Å². The standard InChI is InChI=1S/C13H26O2Si/c1-9(2)13(16(14-3)15-4)12-8-10-5-6-11(12)7-10/h9-13,16H,5-8H2,1-4H3. The third kappa shape index (κ3) is 2.22. The maximum absolute atomic E-state index is 5.66. The minimum absolute atomic E-state index is 0.709. The monoisotopic (exact) mass is 242 g/mol. The van der Waals surface area contributed by atoms with Crippen molar-refractivity contribution in [2.45, 2.75) is 45.1 Å². The molecule has 94 valence electrons. The van der Waals surface area contributed by atoms with E-state index in [1.807, 2.05) is 14.2 Å². The molecule has 0 aromatic rings. The van der Waals surface area contributed by atoms with Crippen molar-refractivity contribution < 1.29 is 8.85 Å². The van der Waals surface area contributed by atoms with E-state index in [-0.39, 0.29) is 0 Å². The fourth-order valence-electron chi connectivity index (χ4n) is 4.19. The Morgan fingerprint density at radius 2 is 1.75 bits per heavy atom. The molecule has 16 heavy (non-hydrogen) atoms. The molecule has 4 unspecified atom stereocenters. The van der Waals surface area contributed by atoms with E-state index in [1.54, 1.807) is 0 Å². The maximum Gasteiger partial charge on any atom is 0.324 e. The van der Waals surface area contributed by atoms with Crippen LogP contribution < -0.4 is 0 Å². The molecule has 0 saturated heterocycles. The van der Waals surface area contributed by atoms with Crippen LogP contribution >= 0.6 is 0 Å². The zero-order valence-electron chi connectivity index (χ0n) is 11.1. The number of hydrogen-bond donors (Lipinski definition) is 0. The van der Waals surface area contributed by atoms with Crippen molar-refractivity contribution in [2.75, 3.05) is 14.2 Å². The topological polar surface area (TPSA) is 18.5 Å². The van der Waals surface area contributed by atoms with Crippen molar-refractivity contribution >= 4 is 9.28 Å². The molecule has 2 aliphatic rings. The van der Waals surface area contributed by atoms with Gasteiger partial charge in [0.2, 0.25) is 0 Å². The Bertz CT molecular complexity index is 228. The summed E-state index contributed by atoms with van der Waals surface area (Å²) in [7, 11) is 2.22. The van der Waals surface area contributed by atoms with E-state index >= 15 is 0 Å². The van der Waals surface area contributed by atoms with Crippen molar-refractivity contribution in [3.8, 4) is 0 Å². The predicted molar refractivity (Wildman–Crippen MR) is 68.7 cm³/mol. The predicted octanol–water partition coefficient (Wildman–Crippen LogP) is 2.96. The maximum atomic E-state index is 5.66. The van der Waals surface area contributed by atoms with Crippen LogP contribution in [0.15, 0.2) is 0 Å². The van der Waals surface area contributed by atoms with Crippen LogP contribution in [0, 0.1) is 23.7 Å². The van der Waals surface area contributed by atoms with Gasteiger partial charge >= 0.3 is 9.28 Å². The van der Waals surface area contributed by atoms with Gasteiger partial charge in [0, 0.05) is 19.8 Å². The number of fused-ring (bicyclic) bond motifs is 2. The molecule has 2 bridgehead atoms. The van der Waals surface area contributed by atoms with E-state index in [9.17, 15) is 0 Å². The van der Waals surface area contributed by atoms with Crippen LogP contribution in [-0.4, -0.2) is 23.5 Å². The van der Waals surface area contributed by atoms with Crippen LogP contribution in [0.2, 0.25) is 5.54 Å². The lowest BCUT2D eigenvalue weighted by Gasteiger charge is -2.36. The third-order valence-corrected chi connectivity index (χ3v) is 7.66. The van der Waals surface area contributed by atoms with Gasteiger partial charge in [-0.05, 0) is 42.9 Å². The molecule has 0 spiro atoms. The SMILES string of the molecule is CO[SiH](OC)C(C(C)C)C1CC2CCC1C2. The molecule has 0 heterocycles. The Hall–Kier alpha value is 0.137. The average molecular weight is 242 g/mol. The first-order valence-corrected chi connectivity index (χ1v) is 8.33. The molecule has 2 nitrogen and oxygen atoms in total. The number of rotatable bonds is 5. The summed E-state index contributed by atoms with van der Waals surface area (Å²) in [5.74, 6) is 3.62. The lowest BCUT2D eigenvalue weighted by atomic mass is 9.82. The molecular weight excluding hydrogens is 216 g/mol. The largest absolute Gasteiger partial charge is 0.400 e. The molecule has 2 fully saturated rings. The van der Waals surface area contributed by atoms with Crippen molar-refractivity contribution in [2.24, 2.45) is 23.7 Å². The Morgan fingerprint density at radius 1 is 1.06 bits per heavy atom. The van der Waals surface area contributed by atoms with Gasteiger partial charge in [0.15, 0.2) is 0 Å². The molecule has 3 heteroatoms. The smallest absolute Gasteiger partial charge is 0.324 e.